The Labute approximate surface area is 126 Å². The predicted octanol–water partition coefficient (Wildman–Crippen LogP) is 2.55. The lowest BCUT2D eigenvalue weighted by atomic mass is 9.92. The van der Waals surface area contributed by atoms with Gasteiger partial charge in [0.25, 0.3) is 0 Å². The second kappa shape index (κ2) is 7.55. The Kier molecular flexibility index (Phi) is 5.74. The fraction of sp³-hybridized carbons (Fsp3) is 0.529. The molecule has 1 aliphatic rings. The first-order valence-electron chi connectivity index (χ1n) is 7.69. The molecule has 1 saturated heterocycles. The van der Waals surface area contributed by atoms with Gasteiger partial charge in [0.1, 0.15) is 5.82 Å². The zero-order valence-corrected chi connectivity index (χ0v) is 12.6. The highest BCUT2D eigenvalue weighted by Crippen LogP contribution is 2.22. The van der Waals surface area contributed by atoms with Crippen LogP contribution in [0.3, 0.4) is 0 Å². The number of benzene rings is 1. The highest BCUT2D eigenvalue weighted by molar-refractivity contribution is 5.77. The second-order valence-corrected chi connectivity index (χ2v) is 5.86. The van der Waals surface area contributed by atoms with Gasteiger partial charge in [0.05, 0.1) is 0 Å². The monoisotopic (exact) mass is 291 g/mol. The van der Waals surface area contributed by atoms with Gasteiger partial charge in [-0.1, -0.05) is 25.5 Å². The summed E-state index contributed by atoms with van der Waals surface area (Å²) < 4.78 is 12.9. The molecule has 3 nitrogen and oxygen atoms in total. The Morgan fingerprint density at radius 2 is 2.14 bits per heavy atom. The molecule has 1 radical (unpaired) electrons. The average molecular weight is 291 g/mol. The number of halogens is 1. The van der Waals surface area contributed by atoms with E-state index in [1.54, 1.807) is 0 Å². The molecule has 1 aromatic rings. The van der Waals surface area contributed by atoms with E-state index in [1.165, 1.54) is 25.0 Å². The Hall–Kier alpha value is -1.42. The fourth-order valence-corrected chi connectivity index (χ4v) is 2.86. The quantitative estimate of drug-likeness (QED) is 0.875. The lowest BCUT2D eigenvalue weighted by Crippen LogP contribution is -2.43. The maximum absolute atomic E-state index is 12.9. The number of primary amides is 1. The number of carbonyl (C=O) groups is 1. The minimum Gasteiger partial charge on any atom is -0.369 e. The molecule has 0 aliphatic carbocycles. The second-order valence-electron chi connectivity index (χ2n) is 5.86. The van der Waals surface area contributed by atoms with Gasteiger partial charge < -0.3 is 5.73 Å². The van der Waals surface area contributed by atoms with Gasteiger partial charge in [-0.05, 0) is 49.9 Å². The van der Waals surface area contributed by atoms with Crippen LogP contribution in [0.25, 0.3) is 0 Å². The number of carbonyl (C=O) groups excluding carboxylic acids is 1. The van der Waals surface area contributed by atoms with Crippen LogP contribution < -0.4 is 5.73 Å². The predicted molar refractivity (Wildman–Crippen MR) is 82.0 cm³/mol. The minimum atomic E-state index is -0.265. The zero-order chi connectivity index (χ0) is 15.2. The molecular formula is C17H24FN2O. The fourth-order valence-electron chi connectivity index (χ4n) is 2.86. The Morgan fingerprint density at radius 3 is 2.81 bits per heavy atom. The number of likely N-dealkylation sites (tertiary alicyclic amines) is 1. The molecule has 2 unspecified atom stereocenters. The SMILES string of the molecule is CC([CH]C1CCCCN1CCc1ccc(F)cc1)C(N)=O. The maximum atomic E-state index is 12.9. The first-order chi connectivity index (χ1) is 10.1. The van der Waals surface area contributed by atoms with Gasteiger partial charge >= 0.3 is 0 Å². The van der Waals surface area contributed by atoms with Crippen molar-refractivity contribution in [3.63, 3.8) is 0 Å². The third kappa shape index (κ3) is 4.81. The van der Waals surface area contributed by atoms with Crippen molar-refractivity contribution in [1.82, 2.24) is 4.90 Å². The number of nitrogens with zero attached hydrogens (tertiary/aromatic N) is 1. The number of hydrogen-bond acceptors (Lipinski definition) is 2. The van der Waals surface area contributed by atoms with Crippen molar-refractivity contribution in [2.75, 3.05) is 13.1 Å². The van der Waals surface area contributed by atoms with Gasteiger partial charge in [-0.2, -0.15) is 0 Å². The van der Waals surface area contributed by atoms with Crippen molar-refractivity contribution in [3.05, 3.63) is 42.1 Å². The van der Waals surface area contributed by atoms with Gasteiger partial charge in [-0.15, -0.1) is 0 Å². The van der Waals surface area contributed by atoms with Crippen molar-refractivity contribution < 1.29 is 9.18 Å². The summed E-state index contributed by atoms with van der Waals surface area (Å²) >= 11 is 0. The molecule has 2 atom stereocenters. The van der Waals surface area contributed by atoms with Gasteiger partial charge in [0, 0.05) is 18.5 Å². The molecule has 1 aromatic carbocycles. The molecule has 1 amide bonds. The molecule has 1 fully saturated rings. The van der Waals surface area contributed by atoms with Crippen LogP contribution in [0.15, 0.2) is 24.3 Å². The highest BCUT2D eigenvalue weighted by Gasteiger charge is 2.25. The van der Waals surface area contributed by atoms with Gasteiger partial charge in [-0.3, -0.25) is 9.69 Å². The molecule has 2 rings (SSSR count). The topological polar surface area (TPSA) is 46.3 Å². The van der Waals surface area contributed by atoms with E-state index in [2.05, 4.69) is 11.3 Å². The lowest BCUT2D eigenvalue weighted by molar-refractivity contribution is -0.120. The standard InChI is InChI=1S/C17H24FN2O/c1-13(17(19)21)12-16-4-2-3-10-20(16)11-9-14-5-7-15(18)8-6-14/h5-8,12-13,16H,2-4,9-11H2,1H3,(H2,19,21). The van der Waals surface area contributed by atoms with Crippen LogP contribution in [0.5, 0.6) is 0 Å². The van der Waals surface area contributed by atoms with Crippen molar-refractivity contribution >= 4 is 5.91 Å². The smallest absolute Gasteiger partial charge is 0.220 e. The van der Waals surface area contributed by atoms with E-state index >= 15 is 0 Å². The van der Waals surface area contributed by atoms with E-state index in [-0.39, 0.29) is 17.6 Å². The number of hydrogen-bond donors (Lipinski definition) is 1. The summed E-state index contributed by atoms with van der Waals surface area (Å²) in [5.74, 6) is -0.654. The molecule has 21 heavy (non-hydrogen) atoms. The summed E-state index contributed by atoms with van der Waals surface area (Å²) in [6.45, 7) is 3.83. The van der Waals surface area contributed by atoms with Crippen LogP contribution >= 0.6 is 0 Å². The van der Waals surface area contributed by atoms with E-state index in [0.717, 1.165) is 31.5 Å². The van der Waals surface area contributed by atoms with Crippen LogP contribution in [0, 0.1) is 18.2 Å². The first-order valence-corrected chi connectivity index (χ1v) is 7.69. The first kappa shape index (κ1) is 16.0. The largest absolute Gasteiger partial charge is 0.369 e. The van der Waals surface area contributed by atoms with Crippen molar-refractivity contribution in [2.45, 2.75) is 38.6 Å². The third-order valence-corrected chi connectivity index (χ3v) is 4.22. The Balaban J connectivity index is 1.89. The summed E-state index contributed by atoms with van der Waals surface area (Å²) in [6.07, 6.45) is 6.45. The Morgan fingerprint density at radius 1 is 1.43 bits per heavy atom. The molecule has 115 valence electrons. The maximum Gasteiger partial charge on any atom is 0.220 e. The average Bonchev–Trinajstić information content (AvgIpc) is 2.48. The molecule has 1 heterocycles. The number of piperidine rings is 1. The lowest BCUT2D eigenvalue weighted by Gasteiger charge is -2.36. The molecule has 0 spiro atoms. The molecule has 0 bridgehead atoms. The summed E-state index contributed by atoms with van der Waals surface area (Å²) in [5, 5.41) is 0. The zero-order valence-electron chi connectivity index (χ0n) is 12.6. The molecule has 4 heteroatoms. The summed E-state index contributed by atoms with van der Waals surface area (Å²) in [4.78, 5) is 13.6. The van der Waals surface area contributed by atoms with Crippen molar-refractivity contribution in [2.24, 2.45) is 11.7 Å². The van der Waals surface area contributed by atoms with Crippen LogP contribution in [-0.4, -0.2) is 29.9 Å². The molecular weight excluding hydrogens is 267 g/mol. The van der Waals surface area contributed by atoms with Gasteiger partial charge in [-0.25, -0.2) is 4.39 Å². The molecule has 2 N–H and O–H groups in total. The van der Waals surface area contributed by atoms with Crippen LogP contribution in [0.4, 0.5) is 4.39 Å². The van der Waals surface area contributed by atoms with Gasteiger partial charge in [0.15, 0.2) is 0 Å². The highest BCUT2D eigenvalue weighted by atomic mass is 19.1. The van der Waals surface area contributed by atoms with E-state index < -0.39 is 0 Å². The van der Waals surface area contributed by atoms with E-state index in [1.807, 2.05) is 19.1 Å². The number of nitrogens with two attached hydrogens (primary N) is 1. The van der Waals surface area contributed by atoms with E-state index in [9.17, 15) is 9.18 Å². The molecule has 1 aliphatic heterocycles. The Bertz CT molecular complexity index is 460. The molecule has 0 aromatic heterocycles. The van der Waals surface area contributed by atoms with E-state index in [0.29, 0.717) is 6.04 Å². The number of rotatable bonds is 6. The number of amides is 1. The summed E-state index contributed by atoms with van der Waals surface area (Å²) in [6, 6.07) is 7.00. The minimum absolute atomic E-state index is 0.193. The van der Waals surface area contributed by atoms with Crippen molar-refractivity contribution in [3.8, 4) is 0 Å². The van der Waals surface area contributed by atoms with Crippen molar-refractivity contribution in [1.29, 1.82) is 0 Å². The molecule has 0 saturated carbocycles. The van der Waals surface area contributed by atoms with E-state index in [4.69, 9.17) is 5.73 Å². The normalized spacial score (nSPS) is 21.1. The summed E-state index contributed by atoms with van der Waals surface area (Å²) in [5.41, 5.74) is 6.50. The van der Waals surface area contributed by atoms with Gasteiger partial charge in [0.2, 0.25) is 5.91 Å². The summed E-state index contributed by atoms with van der Waals surface area (Å²) in [7, 11) is 0. The van der Waals surface area contributed by atoms with Crippen LogP contribution in [0.2, 0.25) is 0 Å². The van der Waals surface area contributed by atoms with Crippen LogP contribution in [0.1, 0.15) is 31.7 Å². The third-order valence-electron chi connectivity index (χ3n) is 4.22. The van der Waals surface area contributed by atoms with Crippen LogP contribution in [-0.2, 0) is 11.2 Å².